The Kier molecular flexibility index (Phi) is 1.80. The van der Waals surface area contributed by atoms with Crippen molar-refractivity contribution in [2.24, 2.45) is 0 Å². The maximum Gasteiger partial charge on any atom is 0.240 e. The van der Waals surface area contributed by atoms with Crippen LogP contribution in [0.4, 0.5) is 11.6 Å². The first-order chi connectivity index (χ1) is 6.58. The summed E-state index contributed by atoms with van der Waals surface area (Å²) in [6, 6.07) is 2.06. The normalized spacial score (nSPS) is 10.8. The number of pyridine rings is 1. The van der Waals surface area contributed by atoms with E-state index in [-0.39, 0.29) is 0 Å². The molecule has 0 atom stereocenters. The number of hydrogen-bond donors (Lipinski definition) is 1. The molecule has 0 saturated heterocycles. The minimum Gasteiger partial charge on any atom is -0.376 e. The molecule has 0 spiro atoms. The van der Waals surface area contributed by atoms with Crippen molar-refractivity contribution in [2.45, 2.75) is 6.92 Å². The fourth-order valence-corrected chi connectivity index (χ4v) is 1.39. The van der Waals surface area contributed by atoms with Gasteiger partial charge in [-0.15, -0.1) is 5.10 Å². The van der Waals surface area contributed by atoms with Gasteiger partial charge in [0.2, 0.25) is 5.95 Å². The topological polar surface area (TPSA) is 59.5 Å². The summed E-state index contributed by atoms with van der Waals surface area (Å²) < 4.78 is 1.71. The maximum absolute atomic E-state index is 5.53. The summed E-state index contributed by atoms with van der Waals surface area (Å²) >= 11 is 0. The number of fused-ring (bicyclic) bond motifs is 1. The second kappa shape index (κ2) is 2.87. The molecule has 2 aromatic rings. The molecule has 5 heteroatoms. The smallest absolute Gasteiger partial charge is 0.240 e. The molecule has 0 aromatic carbocycles. The van der Waals surface area contributed by atoms with Crippen molar-refractivity contribution in [3.8, 4) is 0 Å². The molecule has 5 nitrogen and oxygen atoms in total. The van der Waals surface area contributed by atoms with Crippen LogP contribution in [0.2, 0.25) is 0 Å². The van der Waals surface area contributed by atoms with Gasteiger partial charge in [0.15, 0.2) is 5.65 Å². The molecular formula is C9H13N5. The maximum atomic E-state index is 5.53. The number of nitrogens with two attached hydrogens (primary N) is 1. The molecule has 0 saturated carbocycles. The number of aryl methyl sites for hydroxylation is 1. The van der Waals surface area contributed by atoms with Gasteiger partial charge in [-0.1, -0.05) is 0 Å². The fraction of sp³-hybridized carbons (Fsp3) is 0.333. The number of nitrogens with zero attached hydrogens (tertiary/aromatic N) is 4. The second-order valence-corrected chi connectivity index (χ2v) is 3.51. The molecule has 14 heavy (non-hydrogen) atoms. The minimum absolute atomic E-state index is 0.309. The van der Waals surface area contributed by atoms with Crippen molar-refractivity contribution in [2.75, 3.05) is 24.7 Å². The molecule has 0 aliphatic rings. The first-order valence-corrected chi connectivity index (χ1v) is 4.38. The summed E-state index contributed by atoms with van der Waals surface area (Å²) in [5.41, 5.74) is 8.50. The molecule has 2 aromatic heterocycles. The van der Waals surface area contributed by atoms with Gasteiger partial charge in [-0.25, -0.2) is 4.52 Å². The van der Waals surface area contributed by atoms with Crippen LogP contribution in [-0.4, -0.2) is 28.7 Å². The SMILES string of the molecule is Cc1cc(N(C)C)cn2nc(N)nc12. The number of nitrogen functional groups attached to an aromatic ring is 1. The Bertz CT molecular complexity index is 471. The van der Waals surface area contributed by atoms with Crippen LogP contribution in [0.25, 0.3) is 5.65 Å². The van der Waals surface area contributed by atoms with Crippen LogP contribution in [-0.2, 0) is 0 Å². The van der Waals surface area contributed by atoms with E-state index in [1.165, 1.54) is 0 Å². The zero-order chi connectivity index (χ0) is 10.3. The first-order valence-electron chi connectivity index (χ1n) is 4.38. The lowest BCUT2D eigenvalue weighted by Gasteiger charge is -2.12. The van der Waals surface area contributed by atoms with Gasteiger partial charge in [-0.05, 0) is 18.6 Å². The molecule has 0 amide bonds. The summed E-state index contributed by atoms with van der Waals surface area (Å²) in [5.74, 6) is 0.309. The molecule has 2 heterocycles. The average Bonchev–Trinajstić information content (AvgIpc) is 2.45. The molecule has 2 rings (SSSR count). The molecule has 0 unspecified atom stereocenters. The zero-order valence-electron chi connectivity index (χ0n) is 8.52. The first kappa shape index (κ1) is 8.80. The van der Waals surface area contributed by atoms with Gasteiger partial charge in [0, 0.05) is 14.1 Å². The highest BCUT2D eigenvalue weighted by atomic mass is 15.3. The molecule has 0 aliphatic carbocycles. The largest absolute Gasteiger partial charge is 0.376 e. The van der Waals surface area contributed by atoms with Crippen LogP contribution in [0, 0.1) is 6.92 Å². The minimum atomic E-state index is 0.309. The Morgan fingerprint density at radius 1 is 1.43 bits per heavy atom. The highest BCUT2D eigenvalue weighted by Crippen LogP contribution is 2.17. The quantitative estimate of drug-likeness (QED) is 0.720. The Labute approximate surface area is 82.2 Å². The average molecular weight is 191 g/mol. The summed E-state index contributed by atoms with van der Waals surface area (Å²) in [6.07, 6.45) is 1.91. The summed E-state index contributed by atoms with van der Waals surface area (Å²) in [7, 11) is 3.97. The molecule has 0 bridgehead atoms. The number of hydrogen-bond acceptors (Lipinski definition) is 4. The van der Waals surface area contributed by atoms with Crippen molar-refractivity contribution in [1.82, 2.24) is 14.6 Å². The van der Waals surface area contributed by atoms with Crippen molar-refractivity contribution in [1.29, 1.82) is 0 Å². The van der Waals surface area contributed by atoms with Gasteiger partial charge in [-0.3, -0.25) is 0 Å². The van der Waals surface area contributed by atoms with Crippen molar-refractivity contribution >= 4 is 17.3 Å². The van der Waals surface area contributed by atoms with E-state index in [1.54, 1.807) is 4.52 Å². The molecule has 0 fully saturated rings. The Balaban J connectivity index is 2.71. The molecule has 0 radical (unpaired) electrons. The molecule has 2 N–H and O–H groups in total. The third kappa shape index (κ3) is 1.26. The van der Waals surface area contributed by atoms with Crippen molar-refractivity contribution in [3.63, 3.8) is 0 Å². The molecular weight excluding hydrogens is 178 g/mol. The highest BCUT2D eigenvalue weighted by Gasteiger charge is 2.05. The van der Waals surface area contributed by atoms with Gasteiger partial charge in [0.25, 0.3) is 0 Å². The zero-order valence-corrected chi connectivity index (χ0v) is 8.52. The Morgan fingerprint density at radius 3 is 2.79 bits per heavy atom. The number of rotatable bonds is 1. The van der Waals surface area contributed by atoms with E-state index < -0.39 is 0 Å². The van der Waals surface area contributed by atoms with Crippen LogP contribution >= 0.6 is 0 Å². The predicted octanol–water partition coefficient (Wildman–Crippen LogP) is 0.686. The lowest BCUT2D eigenvalue weighted by Crippen LogP contribution is -2.10. The van der Waals surface area contributed by atoms with Gasteiger partial charge >= 0.3 is 0 Å². The monoisotopic (exact) mass is 191 g/mol. The van der Waals surface area contributed by atoms with E-state index in [1.807, 2.05) is 32.1 Å². The highest BCUT2D eigenvalue weighted by molar-refractivity contribution is 5.57. The van der Waals surface area contributed by atoms with Gasteiger partial charge in [0.05, 0.1) is 11.9 Å². The van der Waals surface area contributed by atoms with Gasteiger partial charge < -0.3 is 10.6 Å². The lowest BCUT2D eigenvalue weighted by atomic mass is 10.2. The fourth-order valence-electron chi connectivity index (χ4n) is 1.39. The lowest BCUT2D eigenvalue weighted by molar-refractivity contribution is 0.949. The summed E-state index contributed by atoms with van der Waals surface area (Å²) in [5, 5.41) is 4.07. The number of anilines is 2. The molecule has 74 valence electrons. The van der Waals surface area contributed by atoms with Crippen LogP contribution < -0.4 is 10.6 Å². The number of aromatic nitrogens is 3. The Morgan fingerprint density at radius 2 is 2.14 bits per heavy atom. The Hall–Kier alpha value is -1.78. The van der Waals surface area contributed by atoms with Crippen LogP contribution in [0.15, 0.2) is 12.3 Å². The second-order valence-electron chi connectivity index (χ2n) is 3.51. The van der Waals surface area contributed by atoms with Crippen molar-refractivity contribution < 1.29 is 0 Å². The third-order valence-corrected chi connectivity index (χ3v) is 2.14. The summed E-state index contributed by atoms with van der Waals surface area (Å²) in [4.78, 5) is 6.14. The van der Waals surface area contributed by atoms with E-state index in [2.05, 4.69) is 16.1 Å². The van der Waals surface area contributed by atoms with E-state index in [9.17, 15) is 0 Å². The van der Waals surface area contributed by atoms with E-state index in [0.717, 1.165) is 16.9 Å². The van der Waals surface area contributed by atoms with E-state index in [0.29, 0.717) is 5.95 Å². The third-order valence-electron chi connectivity index (χ3n) is 2.14. The van der Waals surface area contributed by atoms with E-state index >= 15 is 0 Å². The van der Waals surface area contributed by atoms with Crippen LogP contribution in [0.1, 0.15) is 5.56 Å². The van der Waals surface area contributed by atoms with Crippen LogP contribution in [0.3, 0.4) is 0 Å². The van der Waals surface area contributed by atoms with E-state index in [4.69, 9.17) is 5.73 Å². The van der Waals surface area contributed by atoms with Gasteiger partial charge in [-0.2, -0.15) is 4.98 Å². The summed E-state index contributed by atoms with van der Waals surface area (Å²) in [6.45, 7) is 2.00. The standard InChI is InChI=1S/C9H13N5/c1-6-4-7(13(2)3)5-14-8(6)11-9(10)12-14/h4-5H,1-3H3,(H2,10,12). The predicted molar refractivity (Wildman–Crippen MR) is 56.5 cm³/mol. The van der Waals surface area contributed by atoms with Crippen molar-refractivity contribution in [3.05, 3.63) is 17.8 Å². The molecule has 0 aliphatic heterocycles. The van der Waals surface area contributed by atoms with Gasteiger partial charge in [0.1, 0.15) is 0 Å². The van der Waals surface area contributed by atoms with Crippen LogP contribution in [0.5, 0.6) is 0 Å².